The summed E-state index contributed by atoms with van der Waals surface area (Å²) in [4.78, 5) is 17.1. The third-order valence-electron chi connectivity index (χ3n) is 7.09. The Morgan fingerprint density at radius 3 is 2.11 bits per heavy atom. The Hall–Kier alpha value is -4.51. The van der Waals surface area contributed by atoms with Crippen LogP contribution in [-0.4, -0.2) is 47.2 Å². The molecule has 37 heavy (non-hydrogen) atoms. The normalized spacial score (nSPS) is 13.6. The highest BCUT2D eigenvalue weighted by molar-refractivity contribution is 5.95. The van der Waals surface area contributed by atoms with Gasteiger partial charge in [-0.05, 0) is 39.6 Å². The van der Waals surface area contributed by atoms with Crippen molar-refractivity contribution < 1.29 is 4.79 Å². The molecule has 0 spiro atoms. The molecule has 4 aromatic carbocycles. The Kier molecular flexibility index (Phi) is 6.34. The van der Waals surface area contributed by atoms with Crippen molar-refractivity contribution in [3.05, 3.63) is 115 Å². The van der Waals surface area contributed by atoms with Crippen molar-refractivity contribution in [2.45, 2.75) is 6.42 Å². The molecule has 0 bridgehead atoms. The van der Waals surface area contributed by atoms with Crippen LogP contribution in [-0.2, 0) is 11.2 Å². The predicted molar refractivity (Wildman–Crippen MR) is 149 cm³/mol. The van der Waals surface area contributed by atoms with Crippen molar-refractivity contribution in [1.29, 1.82) is 0 Å². The lowest BCUT2D eigenvalue weighted by Gasteiger charge is -2.35. The molecule has 0 saturated carbocycles. The lowest BCUT2D eigenvalue weighted by Crippen LogP contribution is -2.49. The summed E-state index contributed by atoms with van der Waals surface area (Å²) in [6.45, 7) is 2.88. The number of piperazine rings is 1. The van der Waals surface area contributed by atoms with Crippen LogP contribution in [0.4, 0.5) is 5.82 Å². The molecular formula is C32H28N4O. The summed E-state index contributed by atoms with van der Waals surface area (Å²) in [5, 5.41) is 11.4. The van der Waals surface area contributed by atoms with E-state index >= 15 is 0 Å². The average molecular weight is 485 g/mol. The number of aromatic nitrogens is 2. The van der Waals surface area contributed by atoms with Crippen LogP contribution in [0.25, 0.3) is 33.2 Å². The van der Waals surface area contributed by atoms with Crippen LogP contribution in [0.3, 0.4) is 0 Å². The second kappa shape index (κ2) is 10.2. The van der Waals surface area contributed by atoms with E-state index in [1.807, 2.05) is 47.4 Å². The number of hydrogen-bond donors (Lipinski definition) is 0. The Bertz CT molecular complexity index is 1500. The summed E-state index contributed by atoms with van der Waals surface area (Å²) < 4.78 is 0. The third-order valence-corrected chi connectivity index (χ3v) is 7.09. The highest BCUT2D eigenvalue weighted by Crippen LogP contribution is 2.27. The van der Waals surface area contributed by atoms with Gasteiger partial charge >= 0.3 is 0 Å². The number of rotatable bonds is 5. The molecule has 2 heterocycles. The van der Waals surface area contributed by atoms with E-state index in [0.717, 1.165) is 41.3 Å². The van der Waals surface area contributed by atoms with Gasteiger partial charge in [0.2, 0.25) is 5.91 Å². The van der Waals surface area contributed by atoms with E-state index in [1.54, 1.807) is 0 Å². The number of carbonyl (C=O) groups is 1. The zero-order valence-electron chi connectivity index (χ0n) is 20.6. The second-order valence-electron chi connectivity index (χ2n) is 9.41. The van der Waals surface area contributed by atoms with Crippen LogP contribution >= 0.6 is 0 Å². The lowest BCUT2D eigenvalue weighted by molar-refractivity contribution is -0.130. The van der Waals surface area contributed by atoms with Gasteiger partial charge < -0.3 is 9.80 Å². The van der Waals surface area contributed by atoms with Gasteiger partial charge in [0.1, 0.15) is 0 Å². The molecule has 5 heteroatoms. The maximum absolute atomic E-state index is 13.0. The smallest absolute Gasteiger partial charge is 0.227 e. The SMILES string of the molecule is O=C(Cc1ccc(-c2ccccc2)cc1)N1CCN(c2ccc(-c3cccc4ccccc34)nn2)CC1. The fourth-order valence-electron chi connectivity index (χ4n) is 5.00. The first-order valence-electron chi connectivity index (χ1n) is 12.7. The van der Waals surface area contributed by atoms with Gasteiger partial charge in [-0.3, -0.25) is 4.79 Å². The number of nitrogens with zero attached hydrogens (tertiary/aromatic N) is 4. The van der Waals surface area contributed by atoms with Crippen molar-refractivity contribution in [3.8, 4) is 22.4 Å². The van der Waals surface area contributed by atoms with Crippen LogP contribution in [0.2, 0.25) is 0 Å². The van der Waals surface area contributed by atoms with Crippen LogP contribution in [0.1, 0.15) is 5.56 Å². The number of hydrogen-bond acceptors (Lipinski definition) is 4. The van der Waals surface area contributed by atoms with Gasteiger partial charge in [-0.15, -0.1) is 10.2 Å². The molecule has 1 aliphatic heterocycles. The molecule has 0 atom stereocenters. The molecule has 1 aliphatic rings. The van der Waals surface area contributed by atoms with E-state index in [-0.39, 0.29) is 5.91 Å². The molecule has 0 aliphatic carbocycles. The van der Waals surface area contributed by atoms with Crippen LogP contribution < -0.4 is 4.90 Å². The minimum absolute atomic E-state index is 0.171. The maximum atomic E-state index is 13.0. The van der Waals surface area contributed by atoms with Crippen molar-refractivity contribution in [2.75, 3.05) is 31.1 Å². The molecule has 6 rings (SSSR count). The fraction of sp³-hybridized carbons (Fsp3) is 0.156. The lowest BCUT2D eigenvalue weighted by atomic mass is 10.0. The highest BCUT2D eigenvalue weighted by Gasteiger charge is 2.22. The van der Waals surface area contributed by atoms with Gasteiger partial charge in [0, 0.05) is 31.7 Å². The number of carbonyl (C=O) groups excluding carboxylic acids is 1. The largest absolute Gasteiger partial charge is 0.352 e. The molecule has 1 amide bonds. The summed E-state index contributed by atoms with van der Waals surface area (Å²) in [7, 11) is 0. The van der Waals surface area contributed by atoms with E-state index in [2.05, 4.69) is 81.8 Å². The Morgan fingerprint density at radius 1 is 0.649 bits per heavy atom. The number of anilines is 1. The summed E-state index contributed by atoms with van der Waals surface area (Å²) in [5.74, 6) is 1.03. The average Bonchev–Trinajstić information content (AvgIpc) is 2.98. The molecular weight excluding hydrogens is 456 g/mol. The quantitative estimate of drug-likeness (QED) is 0.314. The van der Waals surface area contributed by atoms with Gasteiger partial charge in [0.25, 0.3) is 0 Å². The molecule has 1 saturated heterocycles. The van der Waals surface area contributed by atoms with Gasteiger partial charge in [-0.1, -0.05) is 97.1 Å². The van der Waals surface area contributed by atoms with Crippen LogP contribution in [0, 0.1) is 0 Å². The first-order valence-corrected chi connectivity index (χ1v) is 12.7. The summed E-state index contributed by atoms with van der Waals surface area (Å²) in [6.07, 6.45) is 0.425. The molecule has 0 radical (unpaired) electrons. The van der Waals surface area contributed by atoms with E-state index in [0.29, 0.717) is 19.5 Å². The Morgan fingerprint density at radius 2 is 1.35 bits per heavy atom. The molecule has 0 N–H and O–H groups in total. The number of benzene rings is 4. The van der Waals surface area contributed by atoms with E-state index < -0.39 is 0 Å². The molecule has 0 unspecified atom stereocenters. The third kappa shape index (κ3) is 4.94. The summed E-state index contributed by atoms with van der Waals surface area (Å²) >= 11 is 0. The van der Waals surface area contributed by atoms with Gasteiger partial charge in [0.15, 0.2) is 5.82 Å². The summed E-state index contributed by atoms with van der Waals surface area (Å²) in [6, 6.07) is 37.3. The summed E-state index contributed by atoms with van der Waals surface area (Å²) in [5.41, 5.74) is 5.35. The van der Waals surface area contributed by atoms with Gasteiger partial charge in [-0.2, -0.15) is 0 Å². The first kappa shape index (κ1) is 22.9. The minimum Gasteiger partial charge on any atom is -0.352 e. The Labute approximate surface area is 217 Å². The maximum Gasteiger partial charge on any atom is 0.227 e. The molecule has 1 aromatic heterocycles. The van der Waals surface area contributed by atoms with Gasteiger partial charge in [-0.25, -0.2) is 0 Å². The topological polar surface area (TPSA) is 49.3 Å². The molecule has 5 nitrogen and oxygen atoms in total. The van der Waals surface area contributed by atoms with Crippen molar-refractivity contribution >= 4 is 22.5 Å². The fourth-order valence-corrected chi connectivity index (χ4v) is 5.00. The second-order valence-corrected chi connectivity index (χ2v) is 9.41. The molecule has 182 valence electrons. The van der Waals surface area contributed by atoms with E-state index in [1.165, 1.54) is 16.3 Å². The van der Waals surface area contributed by atoms with Crippen LogP contribution in [0.5, 0.6) is 0 Å². The first-order chi connectivity index (χ1) is 18.2. The molecule has 1 fully saturated rings. The van der Waals surface area contributed by atoms with Crippen molar-refractivity contribution in [1.82, 2.24) is 15.1 Å². The standard InChI is InChI=1S/C32H28N4O/c37-32(23-24-13-15-26(16-14-24)25-7-2-1-3-8-25)36-21-19-35(20-22-36)31-18-17-30(33-34-31)29-12-6-10-27-9-4-5-11-28(27)29/h1-18H,19-23H2. The van der Waals surface area contributed by atoms with Crippen LogP contribution in [0.15, 0.2) is 109 Å². The van der Waals surface area contributed by atoms with Gasteiger partial charge in [0.05, 0.1) is 12.1 Å². The predicted octanol–water partition coefficient (Wildman–Crippen LogP) is 5.86. The highest BCUT2D eigenvalue weighted by atomic mass is 16.2. The number of fused-ring (bicyclic) bond motifs is 1. The minimum atomic E-state index is 0.171. The Balaban J connectivity index is 1.06. The van der Waals surface area contributed by atoms with Crippen molar-refractivity contribution in [3.63, 3.8) is 0 Å². The zero-order valence-corrected chi connectivity index (χ0v) is 20.6. The van der Waals surface area contributed by atoms with Crippen molar-refractivity contribution in [2.24, 2.45) is 0 Å². The number of amides is 1. The molecule has 5 aromatic rings. The zero-order chi connectivity index (χ0) is 25.0. The van der Waals surface area contributed by atoms with E-state index in [9.17, 15) is 4.79 Å². The monoisotopic (exact) mass is 484 g/mol. The van der Waals surface area contributed by atoms with E-state index in [4.69, 9.17) is 0 Å².